The number of rotatable bonds is 4. The summed E-state index contributed by atoms with van der Waals surface area (Å²) in [6.45, 7) is 8.56. The summed E-state index contributed by atoms with van der Waals surface area (Å²) < 4.78 is 0. The van der Waals surface area contributed by atoms with Crippen LogP contribution in [0.25, 0.3) is 40.1 Å². The van der Waals surface area contributed by atoms with E-state index in [1.807, 2.05) is 42.5 Å². The van der Waals surface area contributed by atoms with Gasteiger partial charge in [-0.3, -0.25) is 4.99 Å². The van der Waals surface area contributed by atoms with Crippen LogP contribution in [0.3, 0.4) is 0 Å². The molecule has 0 aliphatic carbocycles. The van der Waals surface area contributed by atoms with Gasteiger partial charge in [-0.25, -0.2) is 4.99 Å². The molecule has 3 aliphatic heterocycles. The Balaban J connectivity index is 0.00000378. The van der Waals surface area contributed by atoms with E-state index in [1.165, 1.54) is 5.56 Å². The van der Waals surface area contributed by atoms with E-state index in [4.69, 9.17) is 15.0 Å². The van der Waals surface area contributed by atoms with Crippen LogP contribution >= 0.6 is 0 Å². The quantitative estimate of drug-likeness (QED) is 0.141. The third kappa shape index (κ3) is 5.56. The van der Waals surface area contributed by atoms with Gasteiger partial charge in [-0.1, -0.05) is 133 Å². The van der Waals surface area contributed by atoms with Crippen molar-refractivity contribution in [3.8, 4) is 5.75 Å². The largest absolute Gasteiger partial charge is 0.906 e. The van der Waals surface area contributed by atoms with Gasteiger partial charge in [-0.05, 0) is 55.0 Å². The Morgan fingerprint density at radius 1 is 0.633 bits per heavy atom. The van der Waals surface area contributed by atoms with Gasteiger partial charge in [0.25, 0.3) is 0 Å². The normalized spacial score (nSPS) is 15.3. The van der Waals surface area contributed by atoms with Crippen molar-refractivity contribution in [2.24, 2.45) is 9.98 Å². The number of hydrogen-bond donors (Lipinski definition) is 0. The fourth-order valence-corrected chi connectivity index (χ4v) is 7.25. The molecule has 0 unspecified atom stereocenters. The fourth-order valence-electron chi connectivity index (χ4n) is 7.25. The maximum Gasteiger partial charge on any atom is 0.0744 e. The van der Waals surface area contributed by atoms with Crippen LogP contribution in [0.5, 0.6) is 5.75 Å². The fraction of sp³-hybridized carbons (Fsp3) is 0.136. The van der Waals surface area contributed by atoms with Crippen LogP contribution < -0.4 is 20.8 Å². The van der Waals surface area contributed by atoms with Crippen molar-refractivity contribution in [2.45, 2.75) is 40.5 Å². The molecule has 0 amide bonds. The van der Waals surface area contributed by atoms with Gasteiger partial charge in [-0.2, -0.15) is 11.1 Å². The maximum atomic E-state index is 13.9. The second kappa shape index (κ2) is 13.1. The SMILES string of the molecule is CCC1=C(C)C2=Cc3[c-]c(c4ccccc4c3[O-])C=c3[n-]c(c(CC)c3C)=CC3=NC(=CC1=N2)C(c1ccccc1)=C3c1ccccc1.[Ag]. The first-order chi connectivity index (χ1) is 23.4. The molecular formula is C44H34AgN3O-3. The predicted molar refractivity (Wildman–Crippen MR) is 197 cm³/mol. The monoisotopic (exact) mass is 727 g/mol. The summed E-state index contributed by atoms with van der Waals surface area (Å²) in [7, 11) is 0. The molecule has 3 aliphatic rings. The molecular weight excluding hydrogens is 694 g/mol. The Bertz CT molecular complexity index is 2470. The van der Waals surface area contributed by atoms with E-state index in [1.54, 1.807) is 0 Å². The average molecular weight is 729 g/mol. The average Bonchev–Trinajstić information content (AvgIpc) is 3.72. The van der Waals surface area contributed by atoms with E-state index in [2.05, 4.69) is 101 Å². The Morgan fingerprint density at radius 3 is 1.94 bits per heavy atom. The second-order valence-electron chi connectivity index (χ2n) is 12.4. The van der Waals surface area contributed by atoms with Crippen molar-refractivity contribution in [1.82, 2.24) is 4.98 Å². The minimum absolute atomic E-state index is 0. The molecule has 5 heteroatoms. The zero-order valence-corrected chi connectivity index (χ0v) is 29.3. The number of aliphatic imine (C=N–C) groups is 2. The molecule has 0 spiro atoms. The van der Waals surface area contributed by atoms with Gasteiger partial charge >= 0.3 is 0 Å². The third-order valence-corrected chi connectivity index (χ3v) is 9.69. The first-order valence-electron chi connectivity index (χ1n) is 16.6. The van der Waals surface area contributed by atoms with E-state index in [0.717, 1.165) is 96.3 Å². The molecule has 4 nitrogen and oxygen atoms in total. The molecule has 0 N–H and O–H groups in total. The standard InChI is InChI=1S/C44H35N3O.Ag/c1-5-32-26(3)36-22-30-21-31(44(48)35-20-14-13-19-34(30)35)23-37-27(4)33(6-2)39(46-37)25-41-43(29-17-11-8-12-18-29)42(28-15-9-7-10-16-28)40(47-41)24-38(32)45-36;/h7-20,22-25H,5-6H2,1-4H3,(H-,45,46,47,48);/q-2;/p-1. The molecule has 8 bridgehead atoms. The van der Waals surface area contributed by atoms with Gasteiger partial charge in [0, 0.05) is 39.2 Å². The van der Waals surface area contributed by atoms with Crippen LogP contribution in [0.4, 0.5) is 0 Å². The zero-order valence-electron chi connectivity index (χ0n) is 27.9. The topological polar surface area (TPSA) is 61.9 Å². The van der Waals surface area contributed by atoms with Crippen LogP contribution in [0.15, 0.2) is 124 Å². The van der Waals surface area contributed by atoms with Crippen LogP contribution in [-0.4, -0.2) is 11.4 Å². The van der Waals surface area contributed by atoms with Gasteiger partial charge in [0.15, 0.2) is 0 Å². The summed E-state index contributed by atoms with van der Waals surface area (Å²) in [5.74, 6) is -0.0495. The summed E-state index contributed by atoms with van der Waals surface area (Å²) >= 11 is 0. The summed E-state index contributed by atoms with van der Waals surface area (Å²) in [5.41, 5.74) is 13.5. The van der Waals surface area contributed by atoms with Crippen molar-refractivity contribution in [3.63, 3.8) is 0 Å². The first-order valence-corrected chi connectivity index (χ1v) is 16.6. The molecule has 0 atom stereocenters. The van der Waals surface area contributed by atoms with Gasteiger partial charge in [0.05, 0.1) is 17.1 Å². The summed E-state index contributed by atoms with van der Waals surface area (Å²) in [4.78, 5) is 15.8. The molecule has 5 aromatic rings. The van der Waals surface area contributed by atoms with Gasteiger partial charge in [0.2, 0.25) is 0 Å². The van der Waals surface area contributed by atoms with Gasteiger partial charge < -0.3 is 10.1 Å². The summed E-state index contributed by atoms with van der Waals surface area (Å²) in [6.07, 6.45) is 9.89. The molecule has 4 heterocycles. The van der Waals surface area contributed by atoms with Crippen LogP contribution in [0, 0.1) is 13.0 Å². The van der Waals surface area contributed by atoms with Crippen molar-refractivity contribution < 1.29 is 27.5 Å². The minimum atomic E-state index is -0.0495. The van der Waals surface area contributed by atoms with E-state index < -0.39 is 0 Å². The molecule has 4 aromatic carbocycles. The number of benzene rings is 4. The molecule has 8 rings (SSSR count). The van der Waals surface area contributed by atoms with E-state index in [9.17, 15) is 5.11 Å². The van der Waals surface area contributed by atoms with Gasteiger partial charge in [0.1, 0.15) is 0 Å². The maximum absolute atomic E-state index is 13.9. The smallest absolute Gasteiger partial charge is 0.0744 e. The predicted octanol–water partition coefficient (Wildman–Crippen LogP) is 7.63. The second-order valence-corrected chi connectivity index (χ2v) is 12.4. The number of nitrogens with zero attached hydrogens (tertiary/aromatic N) is 3. The van der Waals surface area contributed by atoms with Crippen molar-refractivity contribution in [3.05, 3.63) is 164 Å². The number of aromatic nitrogens is 1. The summed E-state index contributed by atoms with van der Waals surface area (Å²) in [6, 6.07) is 32.3. The molecule has 245 valence electrons. The molecule has 0 fully saturated rings. The third-order valence-electron chi connectivity index (χ3n) is 9.69. The van der Waals surface area contributed by atoms with Crippen molar-refractivity contribution in [1.29, 1.82) is 0 Å². The van der Waals surface area contributed by atoms with Crippen molar-refractivity contribution in [2.75, 3.05) is 0 Å². The zero-order chi connectivity index (χ0) is 32.9. The molecule has 0 saturated carbocycles. The molecule has 49 heavy (non-hydrogen) atoms. The molecule has 1 aromatic heterocycles. The summed E-state index contributed by atoms with van der Waals surface area (Å²) in [5, 5.41) is 17.2. The number of hydrogen-bond acceptors (Lipinski definition) is 3. The number of allylic oxidation sites excluding steroid dienone is 5. The molecule has 0 saturated heterocycles. The Morgan fingerprint density at radius 2 is 1.27 bits per heavy atom. The number of fused-ring (bicyclic) bond motifs is 8. The van der Waals surface area contributed by atoms with Crippen molar-refractivity contribution >= 4 is 51.6 Å². The van der Waals surface area contributed by atoms with E-state index >= 15 is 0 Å². The van der Waals surface area contributed by atoms with Crippen LogP contribution in [-0.2, 0) is 28.8 Å². The van der Waals surface area contributed by atoms with E-state index in [-0.39, 0.29) is 28.1 Å². The Kier molecular flexibility index (Phi) is 8.72. The Hall–Kier alpha value is -5.00. The van der Waals surface area contributed by atoms with Crippen LogP contribution in [0.2, 0.25) is 0 Å². The first kappa shape index (κ1) is 32.5. The van der Waals surface area contributed by atoms with Gasteiger partial charge in [-0.15, -0.1) is 28.6 Å². The minimum Gasteiger partial charge on any atom is -0.906 e. The van der Waals surface area contributed by atoms with E-state index in [0.29, 0.717) is 10.9 Å². The Labute approximate surface area is 302 Å². The van der Waals surface area contributed by atoms with Crippen LogP contribution in [0.1, 0.15) is 60.6 Å². The molecule has 1 radical (unpaired) electrons.